The molecule has 0 spiro atoms. The first-order valence-electron chi connectivity index (χ1n) is 9.18. The molecule has 6 nitrogen and oxygen atoms in total. The Hall–Kier alpha value is -2.13. The highest BCUT2D eigenvalue weighted by atomic mass is 19.3. The SMILES string of the molecule is Fc1cc(CN2CCC(c3nnc4n3CCNC4)CC2)ccc1OC(F)F. The molecule has 146 valence electrons. The lowest BCUT2D eigenvalue weighted by Gasteiger charge is -2.32. The van der Waals surface area contributed by atoms with Crippen LogP contribution in [0.2, 0.25) is 0 Å². The second-order valence-electron chi connectivity index (χ2n) is 7.00. The van der Waals surface area contributed by atoms with Crippen LogP contribution in [0.3, 0.4) is 0 Å². The van der Waals surface area contributed by atoms with Gasteiger partial charge in [-0.1, -0.05) is 6.07 Å². The molecule has 0 atom stereocenters. The standard InChI is InChI=1S/C18H22F3N5O/c19-14-9-12(1-2-15(14)27-18(20)21)11-25-6-3-13(4-7-25)17-24-23-16-10-22-5-8-26(16)17/h1-2,9,13,18,22H,3-8,10-11H2. The Labute approximate surface area is 155 Å². The summed E-state index contributed by atoms with van der Waals surface area (Å²) in [6.45, 7) is 1.92. The molecule has 0 bridgehead atoms. The predicted molar refractivity (Wildman–Crippen MR) is 92.0 cm³/mol. The molecule has 2 aliphatic rings. The molecular weight excluding hydrogens is 359 g/mol. The molecule has 3 heterocycles. The zero-order valence-corrected chi connectivity index (χ0v) is 14.9. The Kier molecular flexibility index (Phi) is 5.31. The van der Waals surface area contributed by atoms with Crippen molar-refractivity contribution in [2.24, 2.45) is 0 Å². The van der Waals surface area contributed by atoms with E-state index in [1.54, 1.807) is 6.07 Å². The number of hydrogen-bond donors (Lipinski definition) is 1. The summed E-state index contributed by atoms with van der Waals surface area (Å²) in [6, 6.07) is 4.17. The summed E-state index contributed by atoms with van der Waals surface area (Å²) in [4.78, 5) is 2.24. The Morgan fingerprint density at radius 3 is 2.74 bits per heavy atom. The van der Waals surface area contributed by atoms with E-state index in [1.165, 1.54) is 12.1 Å². The van der Waals surface area contributed by atoms with Gasteiger partial charge in [0, 0.05) is 25.6 Å². The van der Waals surface area contributed by atoms with Crippen LogP contribution in [0.15, 0.2) is 18.2 Å². The molecule has 1 N–H and O–H groups in total. The first-order chi connectivity index (χ1) is 13.1. The maximum atomic E-state index is 13.9. The third-order valence-corrected chi connectivity index (χ3v) is 5.22. The van der Waals surface area contributed by atoms with Crippen molar-refractivity contribution in [3.05, 3.63) is 41.2 Å². The molecular formula is C18H22F3N5O. The smallest absolute Gasteiger partial charge is 0.387 e. The number of rotatable bonds is 5. The van der Waals surface area contributed by atoms with Gasteiger partial charge in [-0.3, -0.25) is 4.90 Å². The number of fused-ring (bicyclic) bond motifs is 1. The van der Waals surface area contributed by atoms with Gasteiger partial charge < -0.3 is 14.6 Å². The molecule has 2 aromatic rings. The molecule has 27 heavy (non-hydrogen) atoms. The summed E-state index contributed by atoms with van der Waals surface area (Å²) < 4.78 is 44.7. The van der Waals surface area contributed by atoms with Gasteiger partial charge in [0.1, 0.15) is 11.6 Å². The Bertz CT molecular complexity index is 789. The summed E-state index contributed by atoms with van der Waals surface area (Å²) in [5.41, 5.74) is 0.749. The maximum absolute atomic E-state index is 13.9. The number of ether oxygens (including phenoxy) is 1. The maximum Gasteiger partial charge on any atom is 0.387 e. The van der Waals surface area contributed by atoms with Gasteiger partial charge in [0.2, 0.25) is 0 Å². The van der Waals surface area contributed by atoms with Crippen LogP contribution in [0.25, 0.3) is 0 Å². The summed E-state index contributed by atoms with van der Waals surface area (Å²) in [5.74, 6) is 1.29. The molecule has 0 amide bonds. The van der Waals surface area contributed by atoms with Crippen molar-refractivity contribution in [2.75, 3.05) is 19.6 Å². The number of hydrogen-bond acceptors (Lipinski definition) is 5. The fourth-order valence-corrected chi connectivity index (χ4v) is 3.86. The van der Waals surface area contributed by atoms with Crippen molar-refractivity contribution in [2.45, 2.75) is 45.0 Å². The van der Waals surface area contributed by atoms with Gasteiger partial charge in [-0.25, -0.2) is 4.39 Å². The highest BCUT2D eigenvalue weighted by molar-refractivity contribution is 5.29. The van der Waals surface area contributed by atoms with Crippen LogP contribution < -0.4 is 10.1 Å². The summed E-state index contributed by atoms with van der Waals surface area (Å²) in [7, 11) is 0. The van der Waals surface area contributed by atoms with Gasteiger partial charge >= 0.3 is 6.61 Å². The average Bonchev–Trinajstić information content (AvgIpc) is 3.08. The van der Waals surface area contributed by atoms with Crippen molar-refractivity contribution in [1.82, 2.24) is 25.0 Å². The topological polar surface area (TPSA) is 55.2 Å². The molecule has 0 aliphatic carbocycles. The number of benzene rings is 1. The lowest BCUT2D eigenvalue weighted by molar-refractivity contribution is -0.0522. The highest BCUT2D eigenvalue weighted by Gasteiger charge is 2.27. The average molecular weight is 381 g/mol. The minimum Gasteiger partial charge on any atom is -0.432 e. The van der Waals surface area contributed by atoms with E-state index < -0.39 is 18.2 Å². The van der Waals surface area contributed by atoms with Crippen LogP contribution in [-0.4, -0.2) is 45.9 Å². The second-order valence-corrected chi connectivity index (χ2v) is 7.00. The molecule has 4 rings (SSSR count). The van der Waals surface area contributed by atoms with Crippen LogP contribution >= 0.6 is 0 Å². The molecule has 0 unspecified atom stereocenters. The van der Waals surface area contributed by atoms with Gasteiger partial charge in [-0.05, 0) is 43.6 Å². The monoisotopic (exact) mass is 381 g/mol. The molecule has 9 heteroatoms. The first-order valence-corrected chi connectivity index (χ1v) is 9.18. The van der Waals surface area contributed by atoms with Gasteiger partial charge in [-0.15, -0.1) is 10.2 Å². The molecule has 2 aliphatic heterocycles. The van der Waals surface area contributed by atoms with Gasteiger partial charge in [0.25, 0.3) is 0 Å². The van der Waals surface area contributed by atoms with E-state index >= 15 is 0 Å². The van der Waals surface area contributed by atoms with Gasteiger partial charge in [0.15, 0.2) is 11.6 Å². The largest absolute Gasteiger partial charge is 0.432 e. The molecule has 0 radical (unpaired) electrons. The number of aromatic nitrogens is 3. The number of likely N-dealkylation sites (tertiary alicyclic amines) is 1. The fourth-order valence-electron chi connectivity index (χ4n) is 3.86. The van der Waals surface area contributed by atoms with Crippen LogP contribution in [0.5, 0.6) is 5.75 Å². The van der Waals surface area contributed by atoms with E-state index in [4.69, 9.17) is 0 Å². The van der Waals surface area contributed by atoms with Gasteiger partial charge in [0.05, 0.1) is 6.54 Å². The number of nitrogens with one attached hydrogen (secondary N) is 1. The number of piperidine rings is 1. The zero-order valence-electron chi connectivity index (χ0n) is 14.9. The number of alkyl halides is 2. The second kappa shape index (κ2) is 7.85. The van der Waals surface area contributed by atoms with Crippen LogP contribution in [0, 0.1) is 5.82 Å². The lowest BCUT2D eigenvalue weighted by Crippen LogP contribution is -2.34. The van der Waals surface area contributed by atoms with Gasteiger partial charge in [-0.2, -0.15) is 8.78 Å². The molecule has 1 fully saturated rings. The van der Waals surface area contributed by atoms with Crippen LogP contribution in [0.1, 0.15) is 36.0 Å². The van der Waals surface area contributed by atoms with E-state index in [2.05, 4.69) is 29.7 Å². The summed E-state index contributed by atoms with van der Waals surface area (Å²) >= 11 is 0. The van der Waals surface area contributed by atoms with Crippen molar-refractivity contribution in [3.63, 3.8) is 0 Å². The van der Waals surface area contributed by atoms with E-state index in [1.807, 2.05) is 0 Å². The molecule has 1 aromatic heterocycles. The number of nitrogens with zero attached hydrogens (tertiary/aromatic N) is 4. The van der Waals surface area contributed by atoms with E-state index in [0.29, 0.717) is 12.5 Å². The zero-order chi connectivity index (χ0) is 18.8. The molecule has 1 aromatic carbocycles. The summed E-state index contributed by atoms with van der Waals surface area (Å²) in [5, 5.41) is 12.0. The summed E-state index contributed by atoms with van der Waals surface area (Å²) in [6.07, 6.45) is 1.95. The third kappa shape index (κ3) is 4.08. The molecule has 1 saturated heterocycles. The number of halogens is 3. The van der Waals surface area contributed by atoms with Crippen LogP contribution in [0.4, 0.5) is 13.2 Å². The van der Waals surface area contributed by atoms with E-state index in [-0.39, 0.29) is 0 Å². The quantitative estimate of drug-likeness (QED) is 0.863. The predicted octanol–water partition coefficient (Wildman–Crippen LogP) is 2.50. The Morgan fingerprint density at radius 1 is 1.19 bits per heavy atom. The third-order valence-electron chi connectivity index (χ3n) is 5.22. The van der Waals surface area contributed by atoms with E-state index in [0.717, 1.165) is 62.8 Å². The fraction of sp³-hybridized carbons (Fsp3) is 0.556. The normalized spacial score (nSPS) is 18.7. The highest BCUT2D eigenvalue weighted by Crippen LogP contribution is 2.29. The van der Waals surface area contributed by atoms with E-state index in [9.17, 15) is 13.2 Å². The van der Waals surface area contributed by atoms with Crippen molar-refractivity contribution < 1.29 is 17.9 Å². The lowest BCUT2D eigenvalue weighted by atomic mass is 9.95. The van der Waals surface area contributed by atoms with Crippen molar-refractivity contribution in [1.29, 1.82) is 0 Å². The Morgan fingerprint density at radius 2 is 2.00 bits per heavy atom. The Balaban J connectivity index is 1.34. The first kappa shape index (κ1) is 18.2. The minimum absolute atomic E-state index is 0.388. The minimum atomic E-state index is -3.02. The van der Waals surface area contributed by atoms with Crippen molar-refractivity contribution in [3.8, 4) is 5.75 Å². The van der Waals surface area contributed by atoms with Crippen molar-refractivity contribution >= 4 is 0 Å². The molecule has 0 saturated carbocycles. The van der Waals surface area contributed by atoms with Crippen LogP contribution in [-0.2, 0) is 19.6 Å².